The number of nitrogens with zero attached hydrogens (tertiary/aromatic N) is 1. The first-order valence-electron chi connectivity index (χ1n) is 6.37. The number of likely N-dealkylation sites (tertiary alicyclic amines) is 1. The summed E-state index contributed by atoms with van der Waals surface area (Å²) in [5, 5.41) is 0. The first-order chi connectivity index (χ1) is 8.99. The predicted octanol–water partition coefficient (Wildman–Crippen LogP) is 4.69. The second-order valence-electron chi connectivity index (χ2n) is 4.93. The zero-order chi connectivity index (χ0) is 14.0. The summed E-state index contributed by atoms with van der Waals surface area (Å²) >= 11 is 9.36. The number of hydrogen-bond donors (Lipinski definition) is 0. The second-order valence-corrected chi connectivity index (χ2v) is 8.48. The Morgan fingerprint density at radius 2 is 2.05 bits per heavy atom. The fraction of sp³-hybridized carbons (Fsp3) is 0.500. The number of carbonyl (C=O) groups is 1. The fourth-order valence-electron chi connectivity index (χ4n) is 2.39. The molecule has 1 heterocycles. The Hall–Kier alpha value is 0.380. The highest BCUT2D eigenvalue weighted by Crippen LogP contribution is 2.27. The van der Waals surface area contributed by atoms with Crippen molar-refractivity contribution in [1.29, 1.82) is 0 Å². The van der Waals surface area contributed by atoms with Crippen LogP contribution in [0.4, 0.5) is 0 Å². The molecule has 0 aromatic heterocycles. The Morgan fingerprint density at radius 3 is 2.63 bits per heavy atom. The lowest BCUT2D eigenvalue weighted by atomic mass is 9.94. The number of hydrogen-bond acceptors (Lipinski definition) is 1. The lowest BCUT2D eigenvalue weighted by Crippen LogP contribution is -2.40. The molecule has 0 radical (unpaired) electrons. The first-order valence-corrected chi connectivity index (χ1v) is 9.16. The van der Waals surface area contributed by atoms with Gasteiger partial charge in [0.15, 0.2) is 0 Å². The van der Waals surface area contributed by atoms with Crippen molar-refractivity contribution in [3.8, 4) is 0 Å². The van der Waals surface area contributed by atoms with Crippen LogP contribution >= 0.6 is 54.5 Å². The minimum Gasteiger partial charge on any atom is -0.339 e. The van der Waals surface area contributed by atoms with E-state index in [0.29, 0.717) is 10.7 Å². The Kier molecular flexibility index (Phi) is 5.72. The van der Waals surface area contributed by atoms with E-state index in [9.17, 15) is 4.79 Å². The van der Waals surface area contributed by atoms with Crippen LogP contribution < -0.4 is 0 Å². The summed E-state index contributed by atoms with van der Waals surface area (Å²) in [5.74, 6) is 0.828. The molecular weight excluding hydrogens is 485 g/mol. The van der Waals surface area contributed by atoms with Crippen LogP contribution in [0.3, 0.4) is 0 Å². The Morgan fingerprint density at radius 1 is 1.42 bits per heavy atom. The van der Waals surface area contributed by atoms with Crippen LogP contribution in [0.15, 0.2) is 22.7 Å². The van der Waals surface area contributed by atoms with Gasteiger partial charge in [0.05, 0.1) is 5.56 Å². The van der Waals surface area contributed by atoms with Crippen molar-refractivity contribution in [3.05, 3.63) is 31.8 Å². The zero-order valence-electron chi connectivity index (χ0n) is 10.7. The van der Waals surface area contributed by atoms with Crippen LogP contribution in [0.1, 0.15) is 30.1 Å². The minimum atomic E-state index is 0.145. The standard InChI is InChI=1S/C14H16Br2INO/c1-9(15)10-4-6-18(7-5-10)14(19)12-8-11(17)2-3-13(12)16/h2-3,8-10H,4-7H2,1H3. The molecule has 0 N–H and O–H groups in total. The molecule has 1 aromatic carbocycles. The maximum absolute atomic E-state index is 12.5. The summed E-state index contributed by atoms with van der Waals surface area (Å²) < 4.78 is 1.97. The van der Waals surface area contributed by atoms with Crippen molar-refractivity contribution in [2.45, 2.75) is 24.6 Å². The van der Waals surface area contributed by atoms with Gasteiger partial charge in [-0.15, -0.1) is 0 Å². The number of carbonyl (C=O) groups excluding carboxylic acids is 1. The first kappa shape index (κ1) is 15.8. The van der Waals surface area contributed by atoms with Gasteiger partial charge in [-0.3, -0.25) is 4.79 Å². The number of benzene rings is 1. The van der Waals surface area contributed by atoms with E-state index in [-0.39, 0.29) is 5.91 Å². The quantitative estimate of drug-likeness (QED) is 0.426. The van der Waals surface area contributed by atoms with Gasteiger partial charge in [0.1, 0.15) is 0 Å². The molecule has 0 bridgehead atoms. The number of rotatable bonds is 2. The SMILES string of the molecule is CC(Br)C1CCN(C(=O)c2cc(I)ccc2Br)CC1. The van der Waals surface area contributed by atoms with E-state index in [4.69, 9.17) is 0 Å². The van der Waals surface area contributed by atoms with Gasteiger partial charge in [0, 0.05) is 26.0 Å². The molecule has 1 fully saturated rings. The van der Waals surface area contributed by atoms with E-state index in [1.54, 1.807) is 0 Å². The van der Waals surface area contributed by atoms with Crippen molar-refractivity contribution in [2.24, 2.45) is 5.92 Å². The van der Waals surface area contributed by atoms with Crippen molar-refractivity contribution in [3.63, 3.8) is 0 Å². The van der Waals surface area contributed by atoms with Crippen molar-refractivity contribution < 1.29 is 4.79 Å². The molecule has 0 aliphatic carbocycles. The third-order valence-corrected chi connectivity index (χ3v) is 5.75. The molecule has 1 saturated heterocycles. The maximum atomic E-state index is 12.5. The molecule has 1 aliphatic rings. The smallest absolute Gasteiger partial charge is 0.255 e. The van der Waals surface area contributed by atoms with Gasteiger partial charge in [-0.05, 0) is 75.5 Å². The average Bonchev–Trinajstić information content (AvgIpc) is 2.41. The summed E-state index contributed by atoms with van der Waals surface area (Å²) in [4.78, 5) is 15.0. The van der Waals surface area contributed by atoms with Gasteiger partial charge in [0.2, 0.25) is 0 Å². The third-order valence-electron chi connectivity index (χ3n) is 3.64. The Bertz CT molecular complexity index is 471. The average molecular weight is 501 g/mol. The van der Waals surface area contributed by atoms with Crippen LogP contribution in [-0.4, -0.2) is 28.7 Å². The summed E-state index contributed by atoms with van der Waals surface area (Å²) in [6, 6.07) is 5.90. The van der Waals surface area contributed by atoms with E-state index in [0.717, 1.165) is 39.5 Å². The molecule has 0 saturated carbocycles. The highest BCUT2D eigenvalue weighted by atomic mass is 127. The van der Waals surface area contributed by atoms with E-state index >= 15 is 0 Å². The van der Waals surface area contributed by atoms with Crippen LogP contribution in [0.2, 0.25) is 0 Å². The number of amides is 1. The molecule has 1 unspecified atom stereocenters. The minimum absolute atomic E-state index is 0.145. The normalized spacial score (nSPS) is 18.4. The molecular formula is C14H16Br2INO. The lowest BCUT2D eigenvalue weighted by molar-refractivity contribution is 0.0690. The zero-order valence-corrected chi connectivity index (χ0v) is 16.0. The van der Waals surface area contributed by atoms with E-state index < -0.39 is 0 Å². The summed E-state index contributed by atoms with van der Waals surface area (Å²) in [7, 11) is 0. The van der Waals surface area contributed by atoms with Gasteiger partial charge in [-0.25, -0.2) is 0 Å². The van der Waals surface area contributed by atoms with Gasteiger partial charge in [0.25, 0.3) is 5.91 Å². The van der Waals surface area contributed by atoms with E-state index in [1.807, 2.05) is 23.1 Å². The number of halogens is 3. The number of piperidine rings is 1. The largest absolute Gasteiger partial charge is 0.339 e. The molecule has 104 valence electrons. The van der Waals surface area contributed by atoms with Crippen molar-refractivity contribution >= 4 is 60.4 Å². The Balaban J connectivity index is 2.07. The molecule has 0 spiro atoms. The van der Waals surface area contributed by atoms with E-state index in [2.05, 4.69) is 61.4 Å². The van der Waals surface area contributed by atoms with Gasteiger partial charge < -0.3 is 4.90 Å². The summed E-state index contributed by atoms with van der Waals surface area (Å²) in [6.45, 7) is 3.91. The maximum Gasteiger partial charge on any atom is 0.255 e. The monoisotopic (exact) mass is 499 g/mol. The Labute approximate surface area is 144 Å². The van der Waals surface area contributed by atoms with Crippen LogP contribution in [0.5, 0.6) is 0 Å². The summed E-state index contributed by atoms with van der Waals surface area (Å²) in [6.07, 6.45) is 2.17. The lowest BCUT2D eigenvalue weighted by Gasteiger charge is -2.33. The van der Waals surface area contributed by atoms with Crippen LogP contribution in [0, 0.1) is 9.49 Å². The molecule has 1 aliphatic heterocycles. The molecule has 1 aromatic rings. The fourth-order valence-corrected chi connectivity index (χ4v) is 3.83. The second kappa shape index (κ2) is 6.89. The van der Waals surface area contributed by atoms with Crippen LogP contribution in [-0.2, 0) is 0 Å². The molecule has 2 rings (SSSR count). The van der Waals surface area contributed by atoms with Crippen molar-refractivity contribution in [2.75, 3.05) is 13.1 Å². The third kappa shape index (κ3) is 3.94. The summed E-state index contributed by atoms with van der Waals surface area (Å²) in [5.41, 5.74) is 0.775. The molecule has 2 nitrogen and oxygen atoms in total. The van der Waals surface area contributed by atoms with Gasteiger partial charge >= 0.3 is 0 Å². The van der Waals surface area contributed by atoms with Crippen molar-refractivity contribution in [1.82, 2.24) is 4.90 Å². The van der Waals surface area contributed by atoms with Gasteiger partial charge in [-0.1, -0.05) is 22.9 Å². The van der Waals surface area contributed by atoms with Gasteiger partial charge in [-0.2, -0.15) is 0 Å². The topological polar surface area (TPSA) is 20.3 Å². The highest BCUT2D eigenvalue weighted by molar-refractivity contribution is 14.1. The molecule has 1 amide bonds. The van der Waals surface area contributed by atoms with E-state index in [1.165, 1.54) is 0 Å². The highest BCUT2D eigenvalue weighted by Gasteiger charge is 2.26. The number of alkyl halides is 1. The predicted molar refractivity (Wildman–Crippen MR) is 93.9 cm³/mol. The van der Waals surface area contributed by atoms with Crippen LogP contribution in [0.25, 0.3) is 0 Å². The molecule has 5 heteroatoms. The molecule has 1 atom stereocenters. The molecule has 19 heavy (non-hydrogen) atoms.